The van der Waals surface area contributed by atoms with Gasteiger partial charge in [-0.15, -0.1) is 0 Å². The smallest absolute Gasteiger partial charge is 0.277 e. The van der Waals surface area contributed by atoms with Crippen LogP contribution in [-0.4, -0.2) is 20.8 Å². The van der Waals surface area contributed by atoms with Crippen LogP contribution in [0.15, 0.2) is 52.1 Å². The number of benzene rings is 1. The van der Waals surface area contributed by atoms with Crippen LogP contribution < -0.4 is 10.9 Å². The third-order valence-corrected chi connectivity index (χ3v) is 4.26. The number of rotatable bonds is 4. The summed E-state index contributed by atoms with van der Waals surface area (Å²) in [5.41, 5.74) is 1.80. The first kappa shape index (κ1) is 15.3. The standard InChI is InChI=1S/C18H16N4O3/c23-9-8-22-11-20-14-7-6-13(21-16(14)18(22)24)15-10-19-17(25-15)12-4-2-1-3-5-12/h1-5,9-11,13,21H,6-8H2. The number of carbonyl (C=O) groups excluding carboxylic acids is 1. The molecule has 7 nitrogen and oxygen atoms in total. The monoisotopic (exact) mass is 336 g/mol. The van der Waals surface area contributed by atoms with Crippen molar-refractivity contribution in [1.29, 1.82) is 0 Å². The van der Waals surface area contributed by atoms with E-state index in [0.29, 0.717) is 35.7 Å². The van der Waals surface area contributed by atoms with Crippen LogP contribution in [0.25, 0.3) is 11.5 Å². The Morgan fingerprint density at radius 1 is 1.28 bits per heavy atom. The molecule has 4 rings (SSSR count). The van der Waals surface area contributed by atoms with E-state index in [9.17, 15) is 9.59 Å². The molecule has 0 bridgehead atoms. The molecule has 0 aliphatic carbocycles. The van der Waals surface area contributed by atoms with E-state index in [0.717, 1.165) is 12.0 Å². The van der Waals surface area contributed by atoms with Crippen molar-refractivity contribution in [1.82, 2.24) is 14.5 Å². The molecule has 1 aliphatic heterocycles. The van der Waals surface area contributed by atoms with Crippen molar-refractivity contribution < 1.29 is 9.21 Å². The molecule has 1 N–H and O–H groups in total. The Morgan fingerprint density at radius 3 is 2.92 bits per heavy atom. The fourth-order valence-electron chi connectivity index (χ4n) is 2.97. The summed E-state index contributed by atoms with van der Waals surface area (Å²) in [6, 6.07) is 9.50. The fourth-order valence-corrected chi connectivity index (χ4v) is 2.97. The maximum Gasteiger partial charge on any atom is 0.277 e. The zero-order valence-corrected chi connectivity index (χ0v) is 13.4. The van der Waals surface area contributed by atoms with Gasteiger partial charge in [0, 0.05) is 5.56 Å². The third kappa shape index (κ3) is 2.84. The highest BCUT2D eigenvalue weighted by molar-refractivity contribution is 5.54. The first-order valence-corrected chi connectivity index (χ1v) is 8.06. The van der Waals surface area contributed by atoms with Crippen LogP contribution in [0.2, 0.25) is 0 Å². The Labute approximate surface area is 143 Å². The summed E-state index contributed by atoms with van der Waals surface area (Å²) in [7, 11) is 0. The summed E-state index contributed by atoms with van der Waals surface area (Å²) < 4.78 is 7.17. The first-order chi connectivity index (χ1) is 12.3. The molecule has 2 aromatic heterocycles. The van der Waals surface area contributed by atoms with Gasteiger partial charge in [-0.05, 0) is 25.0 Å². The van der Waals surface area contributed by atoms with E-state index in [-0.39, 0.29) is 18.1 Å². The van der Waals surface area contributed by atoms with Gasteiger partial charge in [-0.2, -0.15) is 0 Å². The number of nitrogens with one attached hydrogen (secondary N) is 1. The minimum absolute atomic E-state index is 0.00801. The van der Waals surface area contributed by atoms with Crippen molar-refractivity contribution in [3.8, 4) is 11.5 Å². The minimum atomic E-state index is -0.246. The van der Waals surface area contributed by atoms with Crippen LogP contribution in [0, 0.1) is 0 Å². The number of carbonyl (C=O) groups is 1. The van der Waals surface area contributed by atoms with Gasteiger partial charge in [-0.3, -0.25) is 9.36 Å². The van der Waals surface area contributed by atoms with Crippen LogP contribution in [0.3, 0.4) is 0 Å². The van der Waals surface area contributed by atoms with Gasteiger partial charge in [-0.25, -0.2) is 9.97 Å². The molecular formula is C18H16N4O3. The SMILES string of the molecule is O=CCn1cnc2c(c1=O)NC(c1cnc(-c3ccccc3)o1)CC2. The normalized spacial score (nSPS) is 16.1. The maximum atomic E-state index is 12.5. The van der Waals surface area contributed by atoms with Gasteiger partial charge in [-0.1, -0.05) is 18.2 Å². The predicted octanol–water partition coefficient (Wildman–Crippen LogP) is 2.20. The van der Waals surface area contributed by atoms with E-state index in [1.165, 1.54) is 10.9 Å². The average molecular weight is 336 g/mol. The molecule has 0 saturated heterocycles. The lowest BCUT2D eigenvalue weighted by molar-refractivity contribution is -0.108. The van der Waals surface area contributed by atoms with Crippen LogP contribution in [0.5, 0.6) is 0 Å². The maximum absolute atomic E-state index is 12.5. The zero-order valence-electron chi connectivity index (χ0n) is 13.4. The Hall–Kier alpha value is -3.22. The number of aryl methyl sites for hydroxylation is 1. The van der Waals surface area contributed by atoms with Crippen molar-refractivity contribution in [2.45, 2.75) is 25.4 Å². The lowest BCUT2D eigenvalue weighted by atomic mass is 10.0. The number of aldehydes is 1. The number of anilines is 1. The van der Waals surface area contributed by atoms with Gasteiger partial charge in [0.1, 0.15) is 17.7 Å². The summed E-state index contributed by atoms with van der Waals surface area (Å²) in [5, 5.41) is 3.20. The molecule has 0 saturated carbocycles. The predicted molar refractivity (Wildman–Crippen MR) is 91.2 cm³/mol. The summed E-state index contributed by atoms with van der Waals surface area (Å²) >= 11 is 0. The molecule has 0 fully saturated rings. The molecule has 3 aromatic rings. The molecular weight excluding hydrogens is 320 g/mol. The minimum Gasteiger partial charge on any atom is -0.439 e. The van der Waals surface area contributed by atoms with Gasteiger partial charge in [0.05, 0.1) is 30.8 Å². The molecule has 0 radical (unpaired) electrons. The number of hydrogen-bond donors (Lipinski definition) is 1. The zero-order chi connectivity index (χ0) is 17.2. The molecule has 25 heavy (non-hydrogen) atoms. The Balaban J connectivity index is 1.62. The molecule has 1 aromatic carbocycles. The van der Waals surface area contributed by atoms with Gasteiger partial charge < -0.3 is 14.5 Å². The average Bonchev–Trinajstić information content (AvgIpc) is 3.15. The highest BCUT2D eigenvalue weighted by Gasteiger charge is 2.26. The molecule has 1 unspecified atom stereocenters. The van der Waals surface area contributed by atoms with Crippen molar-refractivity contribution in [2.24, 2.45) is 0 Å². The quantitative estimate of drug-likeness (QED) is 0.735. The van der Waals surface area contributed by atoms with Crippen LogP contribution >= 0.6 is 0 Å². The fraction of sp³-hybridized carbons (Fsp3) is 0.222. The number of nitrogens with zero attached hydrogens (tertiary/aromatic N) is 3. The second-order valence-corrected chi connectivity index (χ2v) is 5.86. The topological polar surface area (TPSA) is 90.0 Å². The van der Waals surface area contributed by atoms with Gasteiger partial charge >= 0.3 is 0 Å². The molecule has 0 amide bonds. The number of fused-ring (bicyclic) bond motifs is 1. The second kappa shape index (κ2) is 6.35. The largest absolute Gasteiger partial charge is 0.439 e. The van der Waals surface area contributed by atoms with Crippen molar-refractivity contribution >= 4 is 12.0 Å². The summed E-state index contributed by atoms with van der Waals surface area (Å²) in [5.74, 6) is 1.22. The Kier molecular flexibility index (Phi) is 3.89. The third-order valence-electron chi connectivity index (χ3n) is 4.26. The molecule has 3 heterocycles. The second-order valence-electron chi connectivity index (χ2n) is 5.86. The van der Waals surface area contributed by atoms with E-state index in [4.69, 9.17) is 4.42 Å². The van der Waals surface area contributed by atoms with Gasteiger partial charge in [0.15, 0.2) is 0 Å². The van der Waals surface area contributed by atoms with Gasteiger partial charge in [0.25, 0.3) is 5.56 Å². The molecule has 1 aliphatic rings. The summed E-state index contributed by atoms with van der Waals surface area (Å²) in [6.45, 7) is -0.00801. The van der Waals surface area contributed by atoms with Gasteiger partial charge in [0.2, 0.25) is 5.89 Å². The molecule has 0 spiro atoms. The summed E-state index contributed by atoms with van der Waals surface area (Å²) in [4.78, 5) is 31.8. The first-order valence-electron chi connectivity index (χ1n) is 8.06. The van der Waals surface area contributed by atoms with E-state index in [1.807, 2.05) is 30.3 Å². The highest BCUT2D eigenvalue weighted by atomic mass is 16.4. The van der Waals surface area contributed by atoms with Crippen LogP contribution in [-0.2, 0) is 17.8 Å². The Morgan fingerprint density at radius 2 is 2.12 bits per heavy atom. The lowest BCUT2D eigenvalue weighted by Gasteiger charge is -2.24. The number of oxazole rings is 1. The summed E-state index contributed by atoms with van der Waals surface area (Å²) in [6.07, 6.45) is 5.19. The lowest BCUT2D eigenvalue weighted by Crippen LogP contribution is -2.30. The van der Waals surface area contributed by atoms with Crippen molar-refractivity contribution in [3.63, 3.8) is 0 Å². The highest BCUT2D eigenvalue weighted by Crippen LogP contribution is 2.31. The number of aromatic nitrogens is 3. The van der Waals surface area contributed by atoms with Crippen molar-refractivity contribution in [2.75, 3.05) is 5.32 Å². The number of hydrogen-bond acceptors (Lipinski definition) is 6. The van der Waals surface area contributed by atoms with Crippen LogP contribution in [0.4, 0.5) is 5.69 Å². The van der Waals surface area contributed by atoms with E-state index < -0.39 is 0 Å². The van der Waals surface area contributed by atoms with E-state index >= 15 is 0 Å². The van der Waals surface area contributed by atoms with Crippen LogP contribution in [0.1, 0.15) is 23.9 Å². The molecule has 1 atom stereocenters. The Bertz CT molecular complexity index is 962. The molecule has 126 valence electrons. The molecule has 7 heteroatoms. The van der Waals surface area contributed by atoms with E-state index in [1.54, 1.807) is 6.20 Å². The van der Waals surface area contributed by atoms with Crippen molar-refractivity contribution in [3.05, 3.63) is 64.7 Å². The van der Waals surface area contributed by atoms with E-state index in [2.05, 4.69) is 15.3 Å².